The standard InChI is InChI=1S/C24H28N2O2/c1-18-27-23-14-8-4-10-19(23)16-25(2)21-12-6-7-13-22(21)26(3)17-20-11-5-9-15-24(20)28-18/h4-5,8-11,14-18,21-22H,2-3,6-7,12-13H2,1H3. The molecule has 1 fully saturated rings. The topological polar surface area (TPSA) is 24.5 Å². The van der Waals surface area contributed by atoms with E-state index in [0.717, 1.165) is 35.5 Å². The number of benzene rings is 2. The maximum absolute atomic E-state index is 6.13. The number of para-hydroxylation sites is 2. The maximum atomic E-state index is 6.13. The average Bonchev–Trinajstić information content (AvgIpc) is 2.70. The second-order valence-corrected chi connectivity index (χ2v) is 7.58. The van der Waals surface area contributed by atoms with Gasteiger partial charge in [0.15, 0.2) is 0 Å². The van der Waals surface area contributed by atoms with Crippen LogP contribution in [-0.2, 0) is 0 Å². The van der Waals surface area contributed by atoms with Gasteiger partial charge in [0.25, 0.3) is 0 Å². The van der Waals surface area contributed by atoms with Gasteiger partial charge >= 0.3 is 0 Å². The van der Waals surface area contributed by atoms with Gasteiger partial charge in [0, 0.05) is 19.8 Å². The van der Waals surface area contributed by atoms with Crippen LogP contribution in [0.15, 0.2) is 48.5 Å². The van der Waals surface area contributed by atoms with Crippen LogP contribution >= 0.6 is 0 Å². The molecule has 4 nitrogen and oxygen atoms in total. The fraction of sp³-hybridized carbons (Fsp3) is 0.333. The SMILES string of the molecule is C=[N+]1[CH-]c2ccccc2OC(C)Oc2ccccc2[CH-][N+](=C)C2CCCCC21. The van der Waals surface area contributed by atoms with Crippen molar-refractivity contribution in [2.24, 2.45) is 0 Å². The van der Waals surface area contributed by atoms with Gasteiger partial charge in [-0.2, -0.15) is 0 Å². The Morgan fingerprint density at radius 2 is 1.21 bits per heavy atom. The number of ether oxygens (including phenoxy) is 2. The molecule has 1 aliphatic heterocycles. The minimum absolute atomic E-state index is 0.293. The molecule has 0 spiro atoms. The molecule has 0 bridgehead atoms. The van der Waals surface area contributed by atoms with Crippen molar-refractivity contribution in [3.63, 3.8) is 0 Å². The molecule has 2 aliphatic rings. The zero-order chi connectivity index (χ0) is 19.5. The highest BCUT2D eigenvalue weighted by molar-refractivity contribution is 5.39. The lowest BCUT2D eigenvalue weighted by Crippen LogP contribution is -2.44. The van der Waals surface area contributed by atoms with Crippen LogP contribution in [0, 0.1) is 13.1 Å². The second-order valence-electron chi connectivity index (χ2n) is 7.58. The summed E-state index contributed by atoms with van der Waals surface area (Å²) < 4.78 is 16.4. The molecule has 2 atom stereocenters. The van der Waals surface area contributed by atoms with Gasteiger partial charge in [0.2, 0.25) is 18.4 Å². The van der Waals surface area contributed by atoms with Crippen molar-refractivity contribution >= 4 is 13.4 Å². The Morgan fingerprint density at radius 3 is 1.68 bits per heavy atom. The zero-order valence-electron chi connectivity index (χ0n) is 16.5. The van der Waals surface area contributed by atoms with E-state index in [2.05, 4.69) is 47.8 Å². The molecule has 4 rings (SSSR count). The summed E-state index contributed by atoms with van der Waals surface area (Å²) in [5.74, 6) is 1.59. The van der Waals surface area contributed by atoms with E-state index < -0.39 is 6.29 Å². The zero-order valence-corrected chi connectivity index (χ0v) is 16.5. The Balaban J connectivity index is 1.74. The van der Waals surface area contributed by atoms with E-state index in [1.807, 2.05) is 43.3 Å². The Kier molecular flexibility index (Phi) is 5.29. The molecule has 0 amide bonds. The Morgan fingerprint density at radius 1 is 0.786 bits per heavy atom. The fourth-order valence-electron chi connectivity index (χ4n) is 4.18. The first-order chi connectivity index (χ1) is 13.6. The van der Waals surface area contributed by atoms with Crippen LogP contribution in [0.4, 0.5) is 0 Å². The summed E-state index contributed by atoms with van der Waals surface area (Å²) in [5, 5.41) is 0. The van der Waals surface area contributed by atoms with E-state index in [-0.39, 0.29) is 0 Å². The molecule has 0 N–H and O–H groups in total. The molecule has 1 saturated carbocycles. The third kappa shape index (κ3) is 3.86. The molecule has 28 heavy (non-hydrogen) atoms. The number of rotatable bonds is 0. The van der Waals surface area contributed by atoms with E-state index in [9.17, 15) is 0 Å². The highest BCUT2D eigenvalue weighted by atomic mass is 16.7. The Labute approximate surface area is 167 Å². The minimum Gasteiger partial charge on any atom is -0.502 e. The lowest BCUT2D eigenvalue weighted by Gasteiger charge is -2.29. The number of nitrogens with zero attached hydrogens (tertiary/aromatic N) is 2. The van der Waals surface area contributed by atoms with Gasteiger partial charge in [0.1, 0.15) is 0 Å². The molecule has 2 unspecified atom stereocenters. The molecule has 0 saturated heterocycles. The van der Waals surface area contributed by atoms with E-state index in [0.29, 0.717) is 12.1 Å². The number of hydrogen-bond donors (Lipinski definition) is 0. The molecular weight excluding hydrogens is 348 g/mol. The van der Waals surface area contributed by atoms with Crippen LogP contribution in [0.25, 0.3) is 0 Å². The predicted molar refractivity (Wildman–Crippen MR) is 111 cm³/mol. The number of hydrogen-bond acceptors (Lipinski definition) is 2. The summed E-state index contributed by atoms with van der Waals surface area (Å²) in [6.45, 7) is 14.8. The quantitative estimate of drug-likeness (QED) is 0.507. The molecule has 4 heteroatoms. The van der Waals surface area contributed by atoms with E-state index >= 15 is 0 Å². The summed E-state index contributed by atoms with van der Waals surface area (Å²) in [4.78, 5) is 0. The van der Waals surface area contributed by atoms with E-state index in [4.69, 9.17) is 9.47 Å². The van der Waals surface area contributed by atoms with Crippen molar-refractivity contribution in [1.82, 2.24) is 0 Å². The largest absolute Gasteiger partial charge is 0.502 e. The predicted octanol–water partition coefficient (Wildman–Crippen LogP) is 4.26. The van der Waals surface area contributed by atoms with Crippen molar-refractivity contribution in [3.8, 4) is 11.5 Å². The van der Waals surface area contributed by atoms with Crippen LogP contribution in [0.2, 0.25) is 0 Å². The maximum Gasteiger partial charge on any atom is 0.218 e. The monoisotopic (exact) mass is 376 g/mol. The van der Waals surface area contributed by atoms with Crippen molar-refractivity contribution < 1.29 is 18.6 Å². The summed E-state index contributed by atoms with van der Waals surface area (Å²) >= 11 is 0. The Bertz CT molecular complexity index is 805. The van der Waals surface area contributed by atoms with Gasteiger partial charge in [-0.1, -0.05) is 24.3 Å². The summed E-state index contributed by atoms with van der Waals surface area (Å²) in [5.41, 5.74) is 2.01. The van der Waals surface area contributed by atoms with Crippen molar-refractivity contribution in [1.29, 1.82) is 0 Å². The fourth-order valence-corrected chi connectivity index (χ4v) is 4.18. The molecule has 0 radical (unpaired) electrons. The van der Waals surface area contributed by atoms with Gasteiger partial charge in [-0.3, -0.25) is 9.15 Å². The van der Waals surface area contributed by atoms with Crippen LogP contribution in [-0.4, -0.2) is 41.0 Å². The van der Waals surface area contributed by atoms with Crippen LogP contribution < -0.4 is 9.47 Å². The average molecular weight is 377 g/mol. The lowest BCUT2D eigenvalue weighted by atomic mass is 9.89. The van der Waals surface area contributed by atoms with Crippen LogP contribution in [0.1, 0.15) is 43.7 Å². The van der Waals surface area contributed by atoms with Crippen molar-refractivity contribution in [2.75, 3.05) is 0 Å². The molecule has 2 aromatic carbocycles. The van der Waals surface area contributed by atoms with Crippen molar-refractivity contribution in [3.05, 3.63) is 72.7 Å². The van der Waals surface area contributed by atoms with Crippen LogP contribution in [0.5, 0.6) is 11.5 Å². The van der Waals surface area contributed by atoms with Gasteiger partial charge < -0.3 is 9.47 Å². The molecule has 1 aliphatic carbocycles. The third-order valence-electron chi connectivity index (χ3n) is 5.58. The molecule has 0 aromatic heterocycles. The van der Waals surface area contributed by atoms with Gasteiger partial charge in [-0.25, -0.2) is 0 Å². The second kappa shape index (κ2) is 8.01. The molecule has 2 aromatic rings. The smallest absolute Gasteiger partial charge is 0.218 e. The molecule has 1 heterocycles. The van der Waals surface area contributed by atoms with Crippen molar-refractivity contribution in [2.45, 2.75) is 51.0 Å². The lowest BCUT2D eigenvalue weighted by molar-refractivity contribution is -0.614. The highest BCUT2D eigenvalue weighted by Gasteiger charge is 2.37. The van der Waals surface area contributed by atoms with Crippen LogP contribution in [0.3, 0.4) is 0 Å². The molecule has 146 valence electrons. The third-order valence-corrected chi connectivity index (χ3v) is 5.58. The first-order valence-corrected chi connectivity index (χ1v) is 10.0. The first-order valence-electron chi connectivity index (χ1n) is 10.0. The van der Waals surface area contributed by atoms with Gasteiger partial charge in [0.05, 0.1) is 38.0 Å². The highest BCUT2D eigenvalue weighted by Crippen LogP contribution is 2.30. The van der Waals surface area contributed by atoms with E-state index in [1.54, 1.807) is 0 Å². The van der Waals surface area contributed by atoms with Gasteiger partial charge in [-0.05, 0) is 24.0 Å². The summed E-state index contributed by atoms with van der Waals surface area (Å²) in [7, 11) is 0. The number of fused-ring (bicyclic) bond motifs is 3. The minimum atomic E-state index is -0.427. The normalized spacial score (nSPS) is 25.0. The summed E-state index contributed by atoms with van der Waals surface area (Å²) in [6.07, 6.45) is 4.20. The molecular formula is C24H28N2O2. The first kappa shape index (κ1) is 18.5. The summed E-state index contributed by atoms with van der Waals surface area (Å²) in [6, 6.07) is 16.6. The van der Waals surface area contributed by atoms with Gasteiger partial charge in [-0.15, -0.1) is 24.3 Å². The van der Waals surface area contributed by atoms with E-state index in [1.165, 1.54) is 12.8 Å². The Hall–Kier alpha value is -2.88.